The fraction of sp³-hybridized carbons (Fsp3) is 0.609. The van der Waals surface area contributed by atoms with Gasteiger partial charge in [-0.05, 0) is 51.5 Å². The maximum absolute atomic E-state index is 12.9. The first kappa shape index (κ1) is 21.1. The molecule has 2 aromatic heterocycles. The molecule has 5 rings (SSSR count). The number of rotatable bonds is 3. The van der Waals surface area contributed by atoms with Gasteiger partial charge in [-0.3, -0.25) is 9.59 Å². The summed E-state index contributed by atoms with van der Waals surface area (Å²) in [7, 11) is 0. The third-order valence-corrected chi connectivity index (χ3v) is 6.51. The molecule has 0 spiro atoms. The van der Waals surface area contributed by atoms with Crippen LogP contribution in [0.5, 0.6) is 0 Å². The average Bonchev–Trinajstić information content (AvgIpc) is 2.79. The minimum atomic E-state index is -0.249. The first-order chi connectivity index (χ1) is 15.5. The first-order valence-corrected chi connectivity index (χ1v) is 11.6. The number of fused-ring (bicyclic) bond motifs is 3. The van der Waals surface area contributed by atoms with Gasteiger partial charge in [0.25, 0.3) is 5.56 Å². The van der Waals surface area contributed by atoms with Crippen LogP contribution in [-0.4, -0.2) is 68.9 Å². The van der Waals surface area contributed by atoms with E-state index in [-0.39, 0.29) is 30.2 Å². The van der Waals surface area contributed by atoms with E-state index in [1.54, 1.807) is 11.0 Å². The molecule has 0 N–H and O–H groups in total. The molecule has 1 amide bonds. The maximum atomic E-state index is 12.9. The second-order valence-corrected chi connectivity index (χ2v) is 9.15. The van der Waals surface area contributed by atoms with Gasteiger partial charge in [0.1, 0.15) is 6.54 Å². The van der Waals surface area contributed by atoms with Crippen molar-refractivity contribution in [2.75, 3.05) is 31.1 Å². The van der Waals surface area contributed by atoms with E-state index in [0.717, 1.165) is 42.3 Å². The third kappa shape index (κ3) is 4.13. The number of anilines is 1. The van der Waals surface area contributed by atoms with Crippen molar-refractivity contribution >= 4 is 11.9 Å². The summed E-state index contributed by atoms with van der Waals surface area (Å²) < 4.78 is 6.99. The van der Waals surface area contributed by atoms with Gasteiger partial charge in [-0.1, -0.05) is 0 Å². The molecular weight excluding hydrogens is 408 g/mol. The smallest absolute Gasteiger partial charge is 0.267 e. The highest BCUT2D eigenvalue weighted by molar-refractivity contribution is 5.76. The summed E-state index contributed by atoms with van der Waals surface area (Å²) in [4.78, 5) is 39.0. The number of amides is 1. The quantitative estimate of drug-likeness (QED) is 0.716. The van der Waals surface area contributed by atoms with E-state index < -0.39 is 0 Å². The number of carbonyl (C=O) groups is 1. The van der Waals surface area contributed by atoms with Crippen molar-refractivity contribution in [2.45, 2.75) is 64.7 Å². The minimum absolute atomic E-state index is 0.0194. The molecule has 2 atom stereocenters. The Labute approximate surface area is 187 Å². The molecule has 0 aromatic carbocycles. The van der Waals surface area contributed by atoms with Crippen LogP contribution in [0.15, 0.2) is 17.1 Å². The van der Waals surface area contributed by atoms with Gasteiger partial charge in [-0.2, -0.15) is 5.10 Å². The van der Waals surface area contributed by atoms with Crippen molar-refractivity contribution < 1.29 is 9.53 Å². The highest BCUT2D eigenvalue weighted by Gasteiger charge is 2.28. The molecular formula is C23H30N6O3. The Kier molecular flexibility index (Phi) is 5.67. The lowest BCUT2D eigenvalue weighted by Crippen LogP contribution is -2.49. The second kappa shape index (κ2) is 8.61. The van der Waals surface area contributed by atoms with Crippen LogP contribution in [0.4, 0.5) is 5.95 Å². The van der Waals surface area contributed by atoms with Crippen molar-refractivity contribution in [3.63, 3.8) is 0 Å². The zero-order chi connectivity index (χ0) is 22.2. The molecule has 4 heterocycles. The fourth-order valence-electron chi connectivity index (χ4n) is 4.96. The third-order valence-electron chi connectivity index (χ3n) is 6.51. The van der Waals surface area contributed by atoms with E-state index in [4.69, 9.17) is 9.72 Å². The van der Waals surface area contributed by atoms with E-state index >= 15 is 0 Å². The van der Waals surface area contributed by atoms with Gasteiger partial charge in [-0.15, -0.1) is 0 Å². The Bertz CT molecular complexity index is 1070. The zero-order valence-electron chi connectivity index (χ0n) is 18.8. The van der Waals surface area contributed by atoms with Crippen molar-refractivity contribution in [3.05, 3.63) is 33.9 Å². The summed E-state index contributed by atoms with van der Waals surface area (Å²) in [5.74, 6) is 0.667. The Balaban J connectivity index is 1.40. The second-order valence-electron chi connectivity index (χ2n) is 9.15. The largest absolute Gasteiger partial charge is 0.372 e. The van der Waals surface area contributed by atoms with E-state index in [1.807, 2.05) is 20.0 Å². The van der Waals surface area contributed by atoms with Crippen molar-refractivity contribution in [3.8, 4) is 11.3 Å². The van der Waals surface area contributed by atoms with Gasteiger partial charge >= 0.3 is 0 Å². The topological polar surface area (TPSA) is 93.5 Å². The number of hydrogen-bond donors (Lipinski definition) is 0. The fourth-order valence-corrected chi connectivity index (χ4v) is 4.96. The molecule has 0 bridgehead atoms. The molecule has 0 radical (unpaired) electrons. The highest BCUT2D eigenvalue weighted by Crippen LogP contribution is 2.30. The van der Waals surface area contributed by atoms with E-state index in [1.165, 1.54) is 23.9 Å². The Morgan fingerprint density at radius 2 is 1.88 bits per heavy atom. The molecule has 170 valence electrons. The highest BCUT2D eigenvalue weighted by atomic mass is 16.5. The lowest BCUT2D eigenvalue weighted by molar-refractivity contribution is -0.144. The standard InChI is InChI=1S/C23H30N6O3/c1-15-12-28(13-16(2)32-15)21(31)14-29-20(30)10-17-6-7-19-18(22(17)26-29)11-24-23(25-19)27-8-4-3-5-9-27/h10-11,15-16H,3-9,12-14H2,1-2H3. The zero-order valence-corrected chi connectivity index (χ0v) is 18.8. The van der Waals surface area contributed by atoms with E-state index in [2.05, 4.69) is 15.0 Å². The Morgan fingerprint density at radius 1 is 1.12 bits per heavy atom. The van der Waals surface area contributed by atoms with E-state index in [9.17, 15) is 9.59 Å². The summed E-state index contributed by atoms with van der Waals surface area (Å²) >= 11 is 0. The lowest BCUT2D eigenvalue weighted by Gasteiger charge is -2.35. The van der Waals surface area contributed by atoms with Crippen LogP contribution in [0.2, 0.25) is 0 Å². The number of aromatic nitrogens is 4. The predicted octanol–water partition coefficient (Wildman–Crippen LogP) is 1.42. The molecule has 2 aromatic rings. The normalized spacial score (nSPS) is 22.9. The van der Waals surface area contributed by atoms with Gasteiger partial charge < -0.3 is 14.5 Å². The van der Waals surface area contributed by atoms with Crippen LogP contribution < -0.4 is 10.5 Å². The summed E-state index contributed by atoms with van der Waals surface area (Å²) in [6.45, 7) is 6.87. The SMILES string of the molecule is CC1CN(C(=O)Cn2nc3c(cc2=O)CCc2nc(N4CCCCC4)ncc2-3)CC(C)O1. The van der Waals surface area contributed by atoms with Crippen molar-refractivity contribution in [1.29, 1.82) is 0 Å². The minimum Gasteiger partial charge on any atom is -0.372 e. The average molecular weight is 439 g/mol. The molecule has 2 saturated heterocycles. The van der Waals surface area contributed by atoms with Crippen LogP contribution >= 0.6 is 0 Å². The summed E-state index contributed by atoms with van der Waals surface area (Å²) in [6.07, 6.45) is 6.88. The van der Waals surface area contributed by atoms with Crippen LogP contribution in [-0.2, 0) is 28.9 Å². The molecule has 0 saturated carbocycles. The van der Waals surface area contributed by atoms with Crippen molar-refractivity contribution in [1.82, 2.24) is 24.6 Å². The summed E-state index contributed by atoms with van der Waals surface area (Å²) in [6, 6.07) is 1.61. The van der Waals surface area contributed by atoms with Crippen LogP contribution in [0.3, 0.4) is 0 Å². The van der Waals surface area contributed by atoms with Crippen molar-refractivity contribution in [2.24, 2.45) is 0 Å². The van der Waals surface area contributed by atoms with Gasteiger partial charge in [0, 0.05) is 44.0 Å². The summed E-state index contributed by atoms with van der Waals surface area (Å²) in [5, 5.41) is 4.60. The van der Waals surface area contributed by atoms with Gasteiger partial charge in [0.15, 0.2) is 0 Å². The molecule has 2 aliphatic heterocycles. The lowest BCUT2D eigenvalue weighted by atomic mass is 9.94. The van der Waals surface area contributed by atoms with Crippen LogP contribution in [0.1, 0.15) is 44.4 Å². The molecule has 9 heteroatoms. The maximum Gasteiger partial charge on any atom is 0.267 e. The van der Waals surface area contributed by atoms with Gasteiger partial charge in [-0.25, -0.2) is 14.6 Å². The number of nitrogens with zero attached hydrogens (tertiary/aromatic N) is 6. The number of ether oxygens (including phenoxy) is 1. The molecule has 9 nitrogen and oxygen atoms in total. The number of aryl methyl sites for hydroxylation is 2. The molecule has 1 aliphatic carbocycles. The van der Waals surface area contributed by atoms with E-state index in [0.29, 0.717) is 25.2 Å². The number of piperidine rings is 1. The molecule has 32 heavy (non-hydrogen) atoms. The summed E-state index contributed by atoms with van der Waals surface area (Å²) in [5.41, 5.74) is 3.19. The van der Waals surface area contributed by atoms with Crippen LogP contribution in [0, 0.1) is 0 Å². The number of carbonyl (C=O) groups excluding carboxylic acids is 1. The van der Waals surface area contributed by atoms with Gasteiger partial charge in [0.05, 0.1) is 23.6 Å². The Hall–Kier alpha value is -2.81. The van der Waals surface area contributed by atoms with Gasteiger partial charge in [0.2, 0.25) is 11.9 Å². The number of hydrogen-bond acceptors (Lipinski definition) is 7. The Morgan fingerprint density at radius 3 is 2.62 bits per heavy atom. The predicted molar refractivity (Wildman–Crippen MR) is 120 cm³/mol. The molecule has 3 aliphatic rings. The first-order valence-electron chi connectivity index (χ1n) is 11.6. The monoisotopic (exact) mass is 438 g/mol. The molecule has 2 unspecified atom stereocenters. The number of morpholine rings is 1. The molecule has 2 fully saturated rings. The van der Waals surface area contributed by atoms with Crippen LogP contribution in [0.25, 0.3) is 11.3 Å².